The minimum Gasteiger partial charge on any atom is -0.467 e. The van der Waals surface area contributed by atoms with Crippen LogP contribution in [0.4, 0.5) is 0 Å². The lowest BCUT2D eigenvalue weighted by Crippen LogP contribution is -2.29. The van der Waals surface area contributed by atoms with Gasteiger partial charge in [-0.2, -0.15) is 0 Å². The van der Waals surface area contributed by atoms with Crippen LogP contribution in [0.15, 0.2) is 72.9 Å². The number of hydrogen-bond acceptors (Lipinski definition) is 4. The van der Waals surface area contributed by atoms with Gasteiger partial charge in [0.05, 0.1) is 29.8 Å². The normalized spacial score (nSPS) is 15.8. The smallest absolute Gasteiger partial charge is 0.291 e. The SMILES string of the molecule is Cc1cc2oc3c(c(=O)c2cc1C)[C@H](c1ccc(Br)cc1)N(Cc1ccco1)C3=O. The van der Waals surface area contributed by atoms with Crippen LogP contribution in [-0.4, -0.2) is 10.8 Å². The van der Waals surface area contributed by atoms with E-state index >= 15 is 0 Å². The van der Waals surface area contributed by atoms with Crippen LogP contribution in [0.3, 0.4) is 0 Å². The Balaban J connectivity index is 1.76. The average Bonchev–Trinajstić information content (AvgIpc) is 3.33. The molecular weight excluding hydrogens is 446 g/mol. The predicted molar refractivity (Wildman–Crippen MR) is 117 cm³/mol. The van der Waals surface area contributed by atoms with Crippen molar-refractivity contribution in [1.29, 1.82) is 0 Å². The maximum Gasteiger partial charge on any atom is 0.291 e. The zero-order valence-corrected chi connectivity index (χ0v) is 18.0. The van der Waals surface area contributed by atoms with E-state index in [4.69, 9.17) is 8.83 Å². The highest BCUT2D eigenvalue weighted by atomic mass is 79.9. The first-order valence-electron chi connectivity index (χ1n) is 9.61. The highest BCUT2D eigenvalue weighted by Gasteiger charge is 2.43. The largest absolute Gasteiger partial charge is 0.467 e. The van der Waals surface area contributed by atoms with Crippen LogP contribution in [0.5, 0.6) is 0 Å². The Bertz CT molecular complexity index is 1340. The lowest BCUT2D eigenvalue weighted by molar-refractivity contribution is 0.0701. The molecule has 0 saturated heterocycles. The molecular formula is C24H18BrNO4. The van der Waals surface area contributed by atoms with Gasteiger partial charge in [-0.3, -0.25) is 9.59 Å². The number of carbonyl (C=O) groups excluding carboxylic acids is 1. The number of fused-ring (bicyclic) bond motifs is 2. The number of furan rings is 1. The summed E-state index contributed by atoms with van der Waals surface area (Å²) >= 11 is 3.45. The first-order valence-corrected chi connectivity index (χ1v) is 10.4. The Kier molecular flexibility index (Phi) is 4.40. The predicted octanol–water partition coefficient (Wildman–Crippen LogP) is 5.51. The van der Waals surface area contributed by atoms with Crippen molar-refractivity contribution in [2.45, 2.75) is 26.4 Å². The van der Waals surface area contributed by atoms with Gasteiger partial charge in [0.15, 0.2) is 5.43 Å². The van der Waals surface area contributed by atoms with Gasteiger partial charge in [0.2, 0.25) is 5.76 Å². The van der Waals surface area contributed by atoms with Gasteiger partial charge in [-0.25, -0.2) is 0 Å². The molecule has 2 aromatic heterocycles. The molecule has 6 heteroatoms. The van der Waals surface area contributed by atoms with Crippen molar-refractivity contribution in [3.63, 3.8) is 0 Å². The van der Waals surface area contributed by atoms with E-state index in [1.807, 2.05) is 56.3 Å². The van der Waals surface area contributed by atoms with E-state index in [0.29, 0.717) is 22.3 Å². The molecule has 2 aromatic carbocycles. The van der Waals surface area contributed by atoms with Gasteiger partial charge < -0.3 is 13.7 Å². The number of carbonyl (C=O) groups is 1. The van der Waals surface area contributed by atoms with Gasteiger partial charge >= 0.3 is 0 Å². The third-order valence-corrected chi connectivity index (χ3v) is 6.20. The van der Waals surface area contributed by atoms with Gasteiger partial charge in [-0.05, 0) is 66.9 Å². The Hall–Kier alpha value is -3.12. The molecule has 1 aliphatic rings. The fraction of sp³-hybridized carbons (Fsp3) is 0.167. The summed E-state index contributed by atoms with van der Waals surface area (Å²) in [6, 6.07) is 14.3. The summed E-state index contributed by atoms with van der Waals surface area (Å²) in [6.45, 7) is 4.16. The molecule has 0 unspecified atom stereocenters. The summed E-state index contributed by atoms with van der Waals surface area (Å²) in [5.74, 6) is 0.434. The van der Waals surface area contributed by atoms with Crippen molar-refractivity contribution >= 4 is 32.8 Å². The Morgan fingerprint density at radius 1 is 1.03 bits per heavy atom. The van der Waals surface area contributed by atoms with E-state index in [9.17, 15) is 9.59 Å². The Labute approximate surface area is 181 Å². The number of benzene rings is 2. The van der Waals surface area contributed by atoms with Crippen LogP contribution in [0.25, 0.3) is 11.0 Å². The van der Waals surface area contributed by atoms with Gasteiger partial charge in [-0.1, -0.05) is 28.1 Å². The standard InChI is InChI=1S/C24H18BrNO4/c1-13-10-18-19(11-14(13)2)30-23-20(22(18)27)21(15-5-7-16(25)8-6-15)26(24(23)28)12-17-4-3-9-29-17/h3-11,21H,12H2,1-2H3/t21-/m0/s1. The van der Waals surface area contributed by atoms with E-state index in [2.05, 4.69) is 15.9 Å². The molecule has 1 amide bonds. The third-order valence-electron chi connectivity index (χ3n) is 5.67. The summed E-state index contributed by atoms with van der Waals surface area (Å²) in [6.07, 6.45) is 1.57. The number of rotatable bonds is 3. The van der Waals surface area contributed by atoms with Crippen molar-refractivity contribution < 1.29 is 13.6 Å². The highest BCUT2D eigenvalue weighted by molar-refractivity contribution is 9.10. The number of nitrogens with zero attached hydrogens (tertiary/aromatic N) is 1. The number of amides is 1. The van der Waals surface area contributed by atoms with Gasteiger partial charge in [0.25, 0.3) is 5.91 Å². The molecule has 0 saturated carbocycles. The molecule has 1 aliphatic heterocycles. The molecule has 150 valence electrons. The monoisotopic (exact) mass is 463 g/mol. The number of halogens is 1. The summed E-state index contributed by atoms with van der Waals surface area (Å²) in [5.41, 5.74) is 3.50. The van der Waals surface area contributed by atoms with Gasteiger partial charge in [0.1, 0.15) is 11.3 Å². The molecule has 3 heterocycles. The topological polar surface area (TPSA) is 63.7 Å². The molecule has 30 heavy (non-hydrogen) atoms. The first-order chi connectivity index (χ1) is 14.4. The van der Waals surface area contributed by atoms with Crippen molar-refractivity contribution in [2.24, 2.45) is 0 Å². The second-order valence-electron chi connectivity index (χ2n) is 7.57. The molecule has 0 bridgehead atoms. The van der Waals surface area contributed by atoms with Gasteiger partial charge in [-0.15, -0.1) is 0 Å². The molecule has 0 aliphatic carbocycles. The van der Waals surface area contributed by atoms with Crippen molar-refractivity contribution in [2.75, 3.05) is 0 Å². The zero-order chi connectivity index (χ0) is 21.0. The molecule has 0 fully saturated rings. The molecule has 1 atom stereocenters. The fourth-order valence-corrected chi connectivity index (χ4v) is 4.26. The highest BCUT2D eigenvalue weighted by Crippen LogP contribution is 2.39. The lowest BCUT2D eigenvalue weighted by Gasteiger charge is -2.24. The average molecular weight is 464 g/mol. The fourth-order valence-electron chi connectivity index (χ4n) is 4.00. The van der Waals surface area contributed by atoms with Crippen LogP contribution < -0.4 is 5.43 Å². The van der Waals surface area contributed by atoms with Crippen molar-refractivity contribution in [3.8, 4) is 0 Å². The van der Waals surface area contributed by atoms with E-state index in [-0.39, 0.29) is 23.6 Å². The van der Waals surface area contributed by atoms with Crippen LogP contribution in [0.2, 0.25) is 0 Å². The first kappa shape index (κ1) is 18.9. The van der Waals surface area contributed by atoms with Crippen LogP contribution in [0.1, 0.15) is 44.6 Å². The van der Waals surface area contributed by atoms with Crippen molar-refractivity contribution in [1.82, 2.24) is 4.90 Å². The summed E-state index contributed by atoms with van der Waals surface area (Å²) in [5, 5.41) is 0.492. The maximum atomic E-state index is 13.6. The van der Waals surface area contributed by atoms with E-state index < -0.39 is 6.04 Å². The third kappa shape index (κ3) is 2.91. The summed E-state index contributed by atoms with van der Waals surface area (Å²) in [7, 11) is 0. The quantitative estimate of drug-likeness (QED) is 0.401. The van der Waals surface area contributed by atoms with E-state index in [1.165, 1.54) is 0 Å². The number of hydrogen-bond donors (Lipinski definition) is 0. The Morgan fingerprint density at radius 2 is 1.77 bits per heavy atom. The minimum atomic E-state index is -0.548. The molecule has 0 N–H and O–H groups in total. The van der Waals surface area contributed by atoms with Crippen LogP contribution in [-0.2, 0) is 6.54 Å². The van der Waals surface area contributed by atoms with E-state index in [1.54, 1.807) is 17.2 Å². The maximum absolute atomic E-state index is 13.6. The zero-order valence-electron chi connectivity index (χ0n) is 16.4. The van der Waals surface area contributed by atoms with Crippen LogP contribution >= 0.6 is 15.9 Å². The Morgan fingerprint density at radius 3 is 2.47 bits per heavy atom. The van der Waals surface area contributed by atoms with E-state index in [0.717, 1.165) is 21.2 Å². The van der Waals surface area contributed by atoms with Crippen molar-refractivity contribution in [3.05, 3.63) is 103 Å². The molecule has 4 aromatic rings. The molecule has 0 radical (unpaired) electrons. The second-order valence-corrected chi connectivity index (χ2v) is 8.49. The minimum absolute atomic E-state index is 0.107. The molecule has 5 rings (SSSR count). The molecule has 5 nitrogen and oxygen atoms in total. The summed E-state index contributed by atoms with van der Waals surface area (Å²) in [4.78, 5) is 28.6. The van der Waals surface area contributed by atoms with Crippen LogP contribution in [0, 0.1) is 13.8 Å². The second kappa shape index (κ2) is 6.99. The summed E-state index contributed by atoms with van der Waals surface area (Å²) < 4.78 is 12.4. The molecule has 0 spiro atoms. The van der Waals surface area contributed by atoms with Gasteiger partial charge in [0, 0.05) is 4.47 Å². The lowest BCUT2D eigenvalue weighted by atomic mass is 9.97. The number of aryl methyl sites for hydroxylation is 2.